The van der Waals surface area contributed by atoms with Crippen LogP contribution in [0.1, 0.15) is 15.9 Å². The molecule has 1 aromatic rings. The highest BCUT2D eigenvalue weighted by atomic mass is 35.7. The molecule has 0 N–H and O–H groups in total. The van der Waals surface area contributed by atoms with Crippen molar-refractivity contribution in [3.05, 3.63) is 29.3 Å². The van der Waals surface area contributed by atoms with Crippen LogP contribution in [0.15, 0.2) is 23.1 Å². The average molecular weight is 260 g/mol. The molecule has 0 heterocycles. The number of hydrogen-bond donors (Lipinski definition) is 0. The molecule has 0 atom stereocenters. The van der Waals surface area contributed by atoms with Crippen molar-refractivity contribution in [2.45, 2.75) is 4.90 Å². The van der Waals surface area contributed by atoms with E-state index in [1.807, 2.05) is 0 Å². The molecule has 0 radical (unpaired) electrons. The minimum absolute atomic E-state index is 0.0897. The molecule has 0 amide bonds. The number of carbonyl (C=O) groups is 1. The van der Waals surface area contributed by atoms with E-state index < -0.39 is 19.9 Å². The Bertz CT molecular complexity index is 574. The van der Waals surface area contributed by atoms with Gasteiger partial charge in [0.05, 0.1) is 29.2 Å². The smallest absolute Gasteiger partial charge is 0.339 e. The fourth-order valence-electron chi connectivity index (χ4n) is 1.07. The van der Waals surface area contributed by atoms with Crippen molar-refractivity contribution in [2.24, 2.45) is 0 Å². The zero-order chi connectivity index (χ0) is 12.3. The molecule has 0 fully saturated rings. The highest BCUT2D eigenvalue weighted by Gasteiger charge is 2.21. The van der Waals surface area contributed by atoms with Crippen molar-refractivity contribution in [2.75, 3.05) is 7.11 Å². The Balaban J connectivity index is 3.53. The zero-order valence-electron chi connectivity index (χ0n) is 8.10. The van der Waals surface area contributed by atoms with E-state index in [-0.39, 0.29) is 11.1 Å². The Morgan fingerprint density at radius 3 is 2.56 bits per heavy atom. The van der Waals surface area contributed by atoms with Crippen molar-refractivity contribution in [3.63, 3.8) is 0 Å². The van der Waals surface area contributed by atoms with Crippen molar-refractivity contribution in [1.29, 1.82) is 5.26 Å². The summed E-state index contributed by atoms with van der Waals surface area (Å²) in [6.45, 7) is 0. The Labute approximate surface area is 96.6 Å². The summed E-state index contributed by atoms with van der Waals surface area (Å²) in [6, 6.07) is 5.25. The van der Waals surface area contributed by atoms with Gasteiger partial charge in [-0.05, 0) is 18.2 Å². The first-order chi connectivity index (χ1) is 7.40. The number of rotatable bonds is 2. The highest BCUT2D eigenvalue weighted by Crippen LogP contribution is 2.22. The molecule has 1 rings (SSSR count). The second-order valence-electron chi connectivity index (χ2n) is 2.75. The molecule has 1 aromatic carbocycles. The summed E-state index contributed by atoms with van der Waals surface area (Å²) >= 11 is 0. The summed E-state index contributed by atoms with van der Waals surface area (Å²) in [7, 11) is 2.16. The SMILES string of the molecule is COC(=O)c1ccc(C#N)cc1S(=O)(=O)Cl. The number of halogens is 1. The van der Waals surface area contributed by atoms with E-state index in [4.69, 9.17) is 15.9 Å². The minimum atomic E-state index is -4.10. The predicted molar refractivity (Wildman–Crippen MR) is 55.5 cm³/mol. The number of ether oxygens (including phenoxy) is 1. The summed E-state index contributed by atoms with van der Waals surface area (Å²) in [4.78, 5) is 10.8. The monoisotopic (exact) mass is 259 g/mol. The second-order valence-corrected chi connectivity index (χ2v) is 5.29. The molecule has 0 aliphatic rings. The summed E-state index contributed by atoms with van der Waals surface area (Å²) in [5, 5.41) is 8.61. The lowest BCUT2D eigenvalue weighted by Crippen LogP contribution is -2.07. The van der Waals surface area contributed by atoms with Crippen molar-refractivity contribution < 1.29 is 17.9 Å². The standard InChI is InChI=1S/C9H6ClNO4S/c1-15-9(12)7-3-2-6(5-11)4-8(7)16(10,13)14/h2-4H,1H3. The molecule has 0 aliphatic carbocycles. The first-order valence-electron chi connectivity index (χ1n) is 3.97. The molecule has 0 spiro atoms. The fourth-order valence-corrected chi connectivity index (χ4v) is 2.14. The van der Waals surface area contributed by atoms with E-state index in [2.05, 4.69) is 4.74 Å². The van der Waals surface area contributed by atoms with Gasteiger partial charge in [-0.2, -0.15) is 5.26 Å². The van der Waals surface area contributed by atoms with Gasteiger partial charge in [0.25, 0.3) is 9.05 Å². The average Bonchev–Trinajstić information content (AvgIpc) is 2.26. The first-order valence-corrected chi connectivity index (χ1v) is 6.28. The third-order valence-electron chi connectivity index (χ3n) is 1.78. The molecule has 7 heteroatoms. The molecular weight excluding hydrogens is 254 g/mol. The third kappa shape index (κ3) is 2.51. The van der Waals surface area contributed by atoms with E-state index in [9.17, 15) is 13.2 Å². The number of hydrogen-bond acceptors (Lipinski definition) is 5. The van der Waals surface area contributed by atoms with Crippen LogP contribution in [0.5, 0.6) is 0 Å². The predicted octanol–water partition coefficient (Wildman–Crippen LogP) is 1.27. The molecular formula is C9H6ClNO4S. The van der Waals surface area contributed by atoms with Gasteiger partial charge in [-0.25, -0.2) is 13.2 Å². The number of nitriles is 1. The molecule has 0 bridgehead atoms. The summed E-state index contributed by atoms with van der Waals surface area (Å²) in [6.07, 6.45) is 0. The lowest BCUT2D eigenvalue weighted by atomic mass is 10.1. The third-order valence-corrected chi connectivity index (χ3v) is 3.14. The van der Waals surface area contributed by atoms with Crippen molar-refractivity contribution in [3.8, 4) is 6.07 Å². The molecule has 0 saturated carbocycles. The van der Waals surface area contributed by atoms with Gasteiger partial charge < -0.3 is 4.74 Å². The largest absolute Gasteiger partial charge is 0.465 e. The second kappa shape index (κ2) is 4.51. The highest BCUT2D eigenvalue weighted by molar-refractivity contribution is 8.13. The molecule has 16 heavy (non-hydrogen) atoms. The maximum Gasteiger partial charge on any atom is 0.339 e. The molecule has 0 aliphatic heterocycles. The van der Waals surface area contributed by atoms with Crippen LogP contribution in [0.25, 0.3) is 0 Å². The van der Waals surface area contributed by atoms with Gasteiger partial charge in [-0.15, -0.1) is 0 Å². The van der Waals surface area contributed by atoms with Crippen LogP contribution in [0.2, 0.25) is 0 Å². The summed E-state index contributed by atoms with van der Waals surface area (Å²) in [5.41, 5.74) is -0.108. The van der Waals surface area contributed by atoms with E-state index in [0.717, 1.165) is 13.2 Å². The Morgan fingerprint density at radius 1 is 1.50 bits per heavy atom. The van der Waals surface area contributed by atoms with Crippen LogP contribution in [0.3, 0.4) is 0 Å². The zero-order valence-corrected chi connectivity index (χ0v) is 9.67. The number of esters is 1. The topological polar surface area (TPSA) is 84.2 Å². The molecule has 5 nitrogen and oxygen atoms in total. The van der Waals surface area contributed by atoms with Gasteiger partial charge in [0.2, 0.25) is 0 Å². The van der Waals surface area contributed by atoms with Crippen molar-refractivity contribution in [1.82, 2.24) is 0 Å². The molecule has 84 valence electrons. The van der Waals surface area contributed by atoms with Crippen LogP contribution in [0, 0.1) is 11.3 Å². The van der Waals surface area contributed by atoms with Crippen LogP contribution in [-0.2, 0) is 13.8 Å². The van der Waals surface area contributed by atoms with E-state index in [0.29, 0.717) is 0 Å². The van der Waals surface area contributed by atoms with Crippen LogP contribution < -0.4 is 0 Å². The van der Waals surface area contributed by atoms with Gasteiger partial charge >= 0.3 is 5.97 Å². The van der Waals surface area contributed by atoms with Crippen LogP contribution in [-0.4, -0.2) is 21.5 Å². The number of carbonyl (C=O) groups excluding carboxylic acids is 1. The van der Waals surface area contributed by atoms with Gasteiger partial charge in [0, 0.05) is 10.7 Å². The Morgan fingerprint density at radius 2 is 2.12 bits per heavy atom. The Kier molecular flexibility index (Phi) is 3.52. The minimum Gasteiger partial charge on any atom is -0.465 e. The fraction of sp³-hybridized carbons (Fsp3) is 0.111. The summed E-state index contributed by atoms with van der Waals surface area (Å²) < 4.78 is 26.8. The molecule has 0 saturated heterocycles. The van der Waals surface area contributed by atoms with E-state index in [1.54, 1.807) is 6.07 Å². The van der Waals surface area contributed by atoms with E-state index >= 15 is 0 Å². The molecule has 0 aromatic heterocycles. The van der Waals surface area contributed by atoms with Gasteiger partial charge in [-0.3, -0.25) is 0 Å². The van der Waals surface area contributed by atoms with Crippen LogP contribution in [0.4, 0.5) is 0 Å². The van der Waals surface area contributed by atoms with Gasteiger partial charge in [0.15, 0.2) is 0 Å². The van der Waals surface area contributed by atoms with Crippen LogP contribution >= 0.6 is 10.7 Å². The molecule has 0 unspecified atom stereocenters. The van der Waals surface area contributed by atoms with Gasteiger partial charge in [0.1, 0.15) is 0 Å². The maximum atomic E-state index is 11.3. The quantitative estimate of drug-likeness (QED) is 0.590. The summed E-state index contributed by atoms with van der Waals surface area (Å²) in [5.74, 6) is -0.830. The van der Waals surface area contributed by atoms with Gasteiger partial charge in [-0.1, -0.05) is 0 Å². The first kappa shape index (κ1) is 12.5. The lowest BCUT2D eigenvalue weighted by Gasteiger charge is -2.04. The maximum absolute atomic E-state index is 11.3. The normalized spacial score (nSPS) is 10.6. The Hall–Kier alpha value is -1.58. The van der Waals surface area contributed by atoms with Crippen molar-refractivity contribution >= 4 is 25.7 Å². The van der Waals surface area contributed by atoms with E-state index in [1.165, 1.54) is 12.1 Å². The number of methoxy groups -OCH3 is 1. The number of nitrogens with zero attached hydrogens (tertiary/aromatic N) is 1. The lowest BCUT2D eigenvalue weighted by molar-refractivity contribution is 0.0596. The number of benzene rings is 1.